The third kappa shape index (κ3) is 3.10. The number of hydrogen-bond acceptors (Lipinski definition) is 6. The van der Waals surface area contributed by atoms with E-state index in [1.165, 1.54) is 18.5 Å². The first-order chi connectivity index (χ1) is 9.08. The number of carbonyl (C=O) groups is 2. The zero-order valence-electron chi connectivity index (χ0n) is 9.95. The Morgan fingerprint density at radius 1 is 1.42 bits per heavy atom. The van der Waals surface area contributed by atoms with E-state index in [1.807, 2.05) is 0 Å². The van der Waals surface area contributed by atoms with Gasteiger partial charge in [-0.1, -0.05) is 0 Å². The molecule has 98 valence electrons. The predicted molar refractivity (Wildman–Crippen MR) is 67.0 cm³/mol. The first-order valence-corrected chi connectivity index (χ1v) is 6.14. The molecule has 2 heterocycles. The normalized spacial score (nSPS) is 10.2. The summed E-state index contributed by atoms with van der Waals surface area (Å²) in [5, 5.41) is 19.3. The van der Waals surface area contributed by atoms with E-state index >= 15 is 0 Å². The molecule has 0 aliphatic carbocycles. The summed E-state index contributed by atoms with van der Waals surface area (Å²) in [6.07, 6.45) is 2.77. The predicted octanol–water partition coefficient (Wildman–Crippen LogP) is 0.870. The Hall–Kier alpha value is -2.35. The molecule has 2 N–H and O–H groups in total. The van der Waals surface area contributed by atoms with Gasteiger partial charge in [-0.05, 0) is 13.0 Å². The maximum absolute atomic E-state index is 11.7. The minimum atomic E-state index is -1.01. The van der Waals surface area contributed by atoms with Gasteiger partial charge in [0.25, 0.3) is 5.91 Å². The van der Waals surface area contributed by atoms with Crippen LogP contribution in [0.15, 0.2) is 18.5 Å². The van der Waals surface area contributed by atoms with Crippen molar-refractivity contribution < 1.29 is 14.7 Å². The molecule has 0 aromatic carbocycles. The highest BCUT2D eigenvalue weighted by molar-refractivity contribution is 7.13. The summed E-state index contributed by atoms with van der Waals surface area (Å²) >= 11 is 1.05. The molecule has 8 heteroatoms. The van der Waals surface area contributed by atoms with Gasteiger partial charge in [-0.15, -0.1) is 11.3 Å². The molecule has 0 saturated heterocycles. The average Bonchev–Trinajstić information content (AvgIpc) is 2.78. The summed E-state index contributed by atoms with van der Waals surface area (Å²) in [5.41, 5.74) is 0.842. The topological polar surface area (TPSA) is 105 Å². The molecule has 0 unspecified atom stereocenters. The highest BCUT2D eigenvalue weighted by Gasteiger charge is 2.14. The molecule has 0 fully saturated rings. The van der Waals surface area contributed by atoms with Crippen LogP contribution in [0.25, 0.3) is 0 Å². The van der Waals surface area contributed by atoms with E-state index in [1.54, 1.807) is 6.92 Å². The van der Waals surface area contributed by atoms with E-state index in [0.717, 1.165) is 11.3 Å². The standard InChI is InChI=1S/C11H10N4O3S/c1-6-9(11(17)18)19-8(15-6)5-12-10(16)7-2-3-13-14-4-7/h2-4H,5H2,1H3,(H,12,16)(H,17,18). The number of carbonyl (C=O) groups excluding carboxylic acids is 1. The number of carboxylic acids is 1. The Balaban J connectivity index is 2.01. The Labute approximate surface area is 112 Å². The van der Waals surface area contributed by atoms with Gasteiger partial charge in [0.1, 0.15) is 9.88 Å². The van der Waals surface area contributed by atoms with Crippen LogP contribution in [0, 0.1) is 6.92 Å². The van der Waals surface area contributed by atoms with Gasteiger partial charge in [0.2, 0.25) is 0 Å². The molecule has 0 aliphatic rings. The van der Waals surface area contributed by atoms with Crippen LogP contribution < -0.4 is 5.32 Å². The smallest absolute Gasteiger partial charge is 0.347 e. The lowest BCUT2D eigenvalue weighted by molar-refractivity contribution is 0.0701. The monoisotopic (exact) mass is 278 g/mol. The zero-order chi connectivity index (χ0) is 13.8. The van der Waals surface area contributed by atoms with Crippen molar-refractivity contribution in [1.29, 1.82) is 0 Å². The molecular formula is C11H10N4O3S. The van der Waals surface area contributed by atoms with Crippen molar-refractivity contribution >= 4 is 23.2 Å². The third-order valence-electron chi connectivity index (χ3n) is 2.28. The van der Waals surface area contributed by atoms with Gasteiger partial charge >= 0.3 is 5.97 Å². The van der Waals surface area contributed by atoms with Crippen LogP contribution in [0.5, 0.6) is 0 Å². The fraction of sp³-hybridized carbons (Fsp3) is 0.182. The SMILES string of the molecule is Cc1nc(CNC(=O)c2ccnnc2)sc1C(=O)O. The van der Waals surface area contributed by atoms with Gasteiger partial charge in [0.15, 0.2) is 0 Å². The summed E-state index contributed by atoms with van der Waals surface area (Å²) in [4.78, 5) is 26.9. The minimum absolute atomic E-state index is 0.180. The van der Waals surface area contributed by atoms with Gasteiger partial charge in [-0.25, -0.2) is 9.78 Å². The van der Waals surface area contributed by atoms with Crippen LogP contribution in [0.3, 0.4) is 0 Å². The number of amides is 1. The number of hydrogen-bond donors (Lipinski definition) is 2. The van der Waals surface area contributed by atoms with Crippen molar-refractivity contribution in [3.8, 4) is 0 Å². The third-order valence-corrected chi connectivity index (χ3v) is 3.43. The summed E-state index contributed by atoms with van der Waals surface area (Å²) in [5.74, 6) is -1.31. The van der Waals surface area contributed by atoms with E-state index in [2.05, 4.69) is 20.5 Å². The number of aryl methyl sites for hydroxylation is 1. The fourth-order valence-electron chi connectivity index (χ4n) is 1.41. The highest BCUT2D eigenvalue weighted by Crippen LogP contribution is 2.17. The Kier molecular flexibility index (Phi) is 3.81. The van der Waals surface area contributed by atoms with Gasteiger partial charge in [0.05, 0.1) is 30.2 Å². The molecule has 0 bridgehead atoms. The molecule has 7 nitrogen and oxygen atoms in total. The molecule has 1 amide bonds. The number of aromatic carboxylic acids is 1. The lowest BCUT2D eigenvalue weighted by Crippen LogP contribution is -2.22. The molecule has 0 spiro atoms. The Bertz CT molecular complexity index is 612. The molecule has 2 rings (SSSR count). The van der Waals surface area contributed by atoms with Crippen molar-refractivity contribution in [3.05, 3.63) is 39.6 Å². The summed E-state index contributed by atoms with van der Waals surface area (Å²) in [6, 6.07) is 1.54. The van der Waals surface area contributed by atoms with E-state index < -0.39 is 5.97 Å². The maximum atomic E-state index is 11.7. The molecule has 0 radical (unpaired) electrons. The Morgan fingerprint density at radius 2 is 2.21 bits per heavy atom. The van der Waals surface area contributed by atoms with Gasteiger partial charge < -0.3 is 10.4 Å². The van der Waals surface area contributed by atoms with Crippen LogP contribution in [0.1, 0.15) is 30.7 Å². The summed E-state index contributed by atoms with van der Waals surface area (Å²) < 4.78 is 0. The first-order valence-electron chi connectivity index (χ1n) is 5.32. The van der Waals surface area contributed by atoms with Crippen molar-refractivity contribution in [2.45, 2.75) is 13.5 Å². The average molecular weight is 278 g/mol. The van der Waals surface area contributed by atoms with E-state index in [9.17, 15) is 9.59 Å². The second-order valence-electron chi connectivity index (χ2n) is 3.64. The van der Waals surface area contributed by atoms with Gasteiger partial charge in [-0.2, -0.15) is 10.2 Å². The summed E-state index contributed by atoms with van der Waals surface area (Å²) in [6.45, 7) is 1.80. The van der Waals surface area contributed by atoms with E-state index in [-0.39, 0.29) is 17.3 Å². The quantitative estimate of drug-likeness (QED) is 0.859. The lowest BCUT2D eigenvalue weighted by atomic mass is 10.3. The molecule has 19 heavy (non-hydrogen) atoms. The van der Waals surface area contributed by atoms with Crippen LogP contribution in [-0.2, 0) is 6.54 Å². The van der Waals surface area contributed by atoms with Gasteiger partial charge in [0, 0.05) is 0 Å². The first kappa shape index (κ1) is 13.1. The van der Waals surface area contributed by atoms with Crippen molar-refractivity contribution in [2.24, 2.45) is 0 Å². The molecule has 2 aromatic heterocycles. The van der Waals surface area contributed by atoms with E-state index in [0.29, 0.717) is 16.3 Å². The molecular weight excluding hydrogens is 268 g/mol. The Morgan fingerprint density at radius 3 is 2.79 bits per heavy atom. The second kappa shape index (κ2) is 5.53. The van der Waals surface area contributed by atoms with Crippen molar-refractivity contribution in [1.82, 2.24) is 20.5 Å². The minimum Gasteiger partial charge on any atom is -0.477 e. The number of nitrogens with one attached hydrogen (secondary N) is 1. The number of aromatic nitrogens is 3. The largest absolute Gasteiger partial charge is 0.477 e. The molecule has 2 aromatic rings. The molecule has 0 aliphatic heterocycles. The van der Waals surface area contributed by atoms with Crippen LogP contribution in [-0.4, -0.2) is 32.2 Å². The summed E-state index contributed by atoms with van der Waals surface area (Å²) in [7, 11) is 0. The van der Waals surface area contributed by atoms with Crippen LogP contribution in [0.4, 0.5) is 0 Å². The lowest BCUT2D eigenvalue weighted by Gasteiger charge is -2.01. The van der Waals surface area contributed by atoms with Crippen molar-refractivity contribution in [2.75, 3.05) is 0 Å². The van der Waals surface area contributed by atoms with Crippen molar-refractivity contribution in [3.63, 3.8) is 0 Å². The van der Waals surface area contributed by atoms with Crippen LogP contribution >= 0.6 is 11.3 Å². The second-order valence-corrected chi connectivity index (χ2v) is 4.72. The number of thiazole rings is 1. The van der Waals surface area contributed by atoms with E-state index in [4.69, 9.17) is 5.11 Å². The molecule has 0 atom stereocenters. The van der Waals surface area contributed by atoms with Crippen LogP contribution in [0.2, 0.25) is 0 Å². The number of rotatable bonds is 4. The molecule has 0 saturated carbocycles. The zero-order valence-corrected chi connectivity index (χ0v) is 10.8. The number of nitrogens with zero attached hydrogens (tertiary/aromatic N) is 3. The van der Waals surface area contributed by atoms with Gasteiger partial charge in [-0.3, -0.25) is 4.79 Å². The maximum Gasteiger partial charge on any atom is 0.347 e. The highest BCUT2D eigenvalue weighted by atomic mass is 32.1. The number of carboxylic acid groups (broad SMARTS) is 1. The fourth-order valence-corrected chi connectivity index (χ4v) is 2.25.